The summed E-state index contributed by atoms with van der Waals surface area (Å²) in [7, 11) is 1.59. The van der Waals surface area contributed by atoms with E-state index >= 15 is 0 Å². The van der Waals surface area contributed by atoms with Gasteiger partial charge < -0.3 is 29.2 Å². The van der Waals surface area contributed by atoms with Crippen LogP contribution in [0.4, 0.5) is 4.79 Å². The average Bonchev–Trinajstić information content (AvgIpc) is 3.63. The maximum Gasteiger partial charge on any atom is 0.408 e. The summed E-state index contributed by atoms with van der Waals surface area (Å²) in [5.74, 6) is 0.0122. The van der Waals surface area contributed by atoms with Gasteiger partial charge in [0.1, 0.15) is 35.7 Å². The molecule has 1 aromatic heterocycles. The maximum absolute atomic E-state index is 14.3. The van der Waals surface area contributed by atoms with Gasteiger partial charge in [-0.3, -0.25) is 4.79 Å². The number of nitrogens with one attached hydrogen (secondary N) is 1. The maximum atomic E-state index is 14.3. The number of ether oxygens (including phenoxy) is 4. The molecule has 45 heavy (non-hydrogen) atoms. The van der Waals surface area contributed by atoms with Gasteiger partial charge in [-0.15, -0.1) is 0 Å². The van der Waals surface area contributed by atoms with Crippen LogP contribution in [0.3, 0.4) is 0 Å². The Morgan fingerprint density at radius 1 is 1.13 bits per heavy atom. The number of alkyl carbamates (subject to hydrolysis) is 1. The minimum Gasteiger partial charge on any atom is -0.497 e. The Balaban J connectivity index is 1.55. The van der Waals surface area contributed by atoms with Crippen molar-refractivity contribution in [3.05, 3.63) is 30.0 Å². The number of hydrogen-bond acceptors (Lipinski definition) is 9. The monoisotopic (exact) mass is 622 g/mol. The van der Waals surface area contributed by atoms with Crippen molar-refractivity contribution in [2.45, 2.75) is 91.5 Å². The number of methoxy groups -OCH3 is 1. The van der Waals surface area contributed by atoms with E-state index in [-0.39, 0.29) is 25.2 Å². The van der Waals surface area contributed by atoms with Crippen LogP contribution >= 0.6 is 0 Å². The van der Waals surface area contributed by atoms with Crippen molar-refractivity contribution in [1.29, 1.82) is 0 Å². The topological polar surface area (TPSA) is 129 Å². The van der Waals surface area contributed by atoms with Gasteiger partial charge in [-0.1, -0.05) is 47.6 Å². The number of carbonyl (C=O) groups is 3. The van der Waals surface area contributed by atoms with Crippen LogP contribution < -0.4 is 14.8 Å². The number of benzene rings is 1. The molecule has 0 radical (unpaired) electrons. The molecule has 6 unspecified atom stereocenters. The van der Waals surface area contributed by atoms with Gasteiger partial charge in [-0.05, 0) is 61.1 Å². The number of rotatable bonds is 4. The minimum absolute atomic E-state index is 0.0937. The smallest absolute Gasteiger partial charge is 0.408 e. The zero-order valence-electron chi connectivity index (χ0n) is 27.4. The zero-order chi connectivity index (χ0) is 32.5. The van der Waals surface area contributed by atoms with Gasteiger partial charge in [0, 0.05) is 12.0 Å². The van der Waals surface area contributed by atoms with Gasteiger partial charge >= 0.3 is 12.1 Å². The summed E-state index contributed by atoms with van der Waals surface area (Å²) < 4.78 is 23.3. The third-order valence-corrected chi connectivity index (χ3v) is 8.72. The first-order valence-electron chi connectivity index (χ1n) is 16.0. The highest BCUT2D eigenvalue weighted by atomic mass is 16.6. The van der Waals surface area contributed by atoms with Crippen molar-refractivity contribution >= 4 is 35.1 Å². The first-order valence-corrected chi connectivity index (χ1v) is 16.0. The summed E-state index contributed by atoms with van der Waals surface area (Å²) in [6.45, 7) is 11.7. The van der Waals surface area contributed by atoms with Crippen LogP contribution in [-0.4, -0.2) is 77.4 Å². The fraction of sp³-hybridized carbons (Fsp3) is 0.618. The number of aromatic nitrogens is 2. The summed E-state index contributed by atoms with van der Waals surface area (Å²) in [6, 6.07) is 3.62. The molecule has 11 nitrogen and oxygen atoms in total. The summed E-state index contributed by atoms with van der Waals surface area (Å²) in [4.78, 5) is 52.1. The van der Waals surface area contributed by atoms with Crippen molar-refractivity contribution in [1.82, 2.24) is 20.2 Å². The van der Waals surface area contributed by atoms with Crippen LogP contribution in [0.5, 0.6) is 11.6 Å². The third kappa shape index (κ3) is 7.50. The highest BCUT2D eigenvalue weighted by molar-refractivity contribution is 5.91. The van der Waals surface area contributed by atoms with Gasteiger partial charge in [0.15, 0.2) is 0 Å². The molecule has 2 aromatic rings. The predicted molar refractivity (Wildman–Crippen MR) is 169 cm³/mol. The molecule has 2 amide bonds. The second kappa shape index (κ2) is 13.2. The molecule has 2 bridgehead atoms. The molecule has 1 saturated carbocycles. The van der Waals surface area contributed by atoms with E-state index in [0.717, 1.165) is 25.7 Å². The SMILES string of the molecule is COc1ccc2nc3c(nc2c1)OC1CN(C(=O)C(C(C)(C)C)NC(=O)OC2CC2CCCC=C3)C(C(=O)OCC(C)C)C1C. The Morgan fingerprint density at radius 3 is 2.62 bits per heavy atom. The third-order valence-electron chi connectivity index (χ3n) is 8.72. The van der Waals surface area contributed by atoms with Crippen molar-refractivity contribution in [3.63, 3.8) is 0 Å². The molecular weight excluding hydrogens is 576 g/mol. The molecule has 1 aromatic carbocycles. The molecule has 2 aliphatic heterocycles. The van der Waals surface area contributed by atoms with E-state index in [0.29, 0.717) is 34.3 Å². The van der Waals surface area contributed by atoms with E-state index in [1.165, 1.54) is 4.90 Å². The lowest BCUT2D eigenvalue weighted by atomic mass is 9.85. The molecule has 3 aliphatic rings. The Bertz CT molecular complexity index is 1450. The molecule has 11 heteroatoms. The Hall–Kier alpha value is -3.89. The number of esters is 1. The molecule has 2 fully saturated rings. The minimum atomic E-state index is -0.946. The summed E-state index contributed by atoms with van der Waals surface area (Å²) in [6.07, 6.45) is 6.04. The highest BCUT2D eigenvalue weighted by Gasteiger charge is 2.51. The molecule has 244 valence electrons. The lowest BCUT2D eigenvalue weighted by molar-refractivity contribution is -0.156. The Morgan fingerprint density at radius 2 is 1.91 bits per heavy atom. The van der Waals surface area contributed by atoms with E-state index < -0.39 is 47.5 Å². The van der Waals surface area contributed by atoms with Crippen LogP contribution in [0.2, 0.25) is 0 Å². The number of hydrogen-bond donors (Lipinski definition) is 1. The summed E-state index contributed by atoms with van der Waals surface area (Å²) in [5, 5.41) is 2.83. The summed E-state index contributed by atoms with van der Waals surface area (Å²) in [5.41, 5.74) is 1.19. The zero-order valence-corrected chi connectivity index (χ0v) is 27.4. The van der Waals surface area contributed by atoms with Crippen molar-refractivity contribution in [3.8, 4) is 11.6 Å². The molecule has 3 heterocycles. The van der Waals surface area contributed by atoms with E-state index in [1.807, 2.05) is 65.8 Å². The van der Waals surface area contributed by atoms with Crippen molar-refractivity contribution in [2.24, 2.45) is 23.2 Å². The Labute approximate surface area is 265 Å². The molecule has 5 rings (SSSR count). The molecule has 1 saturated heterocycles. The van der Waals surface area contributed by atoms with E-state index in [2.05, 4.69) is 5.32 Å². The number of allylic oxidation sites excluding steroid dienone is 1. The molecular formula is C34H46N4O7. The number of amides is 2. The normalized spacial score (nSPS) is 27.4. The van der Waals surface area contributed by atoms with E-state index in [1.54, 1.807) is 13.2 Å². The highest BCUT2D eigenvalue weighted by Crippen LogP contribution is 2.39. The van der Waals surface area contributed by atoms with Gasteiger partial charge in [0.2, 0.25) is 11.8 Å². The first-order chi connectivity index (χ1) is 21.3. The van der Waals surface area contributed by atoms with Crippen LogP contribution in [0, 0.1) is 23.2 Å². The standard InChI is InChI=1S/C34H46N4O7/c1-19(2)18-43-32(40)28-20(3)27-17-38(28)31(39)29(34(4,5)6)37-33(41)45-26-15-21(26)11-9-8-10-12-24-30(44-27)36-25-16-22(42-7)13-14-23(25)35-24/h10,12-14,16,19-21,26-29H,8-9,11,15,17-18H2,1-7H3,(H,37,41). The second-order valence-corrected chi connectivity index (χ2v) is 14.0. The van der Waals surface area contributed by atoms with Crippen molar-refractivity contribution < 1.29 is 33.3 Å². The number of nitrogens with zero attached hydrogens (tertiary/aromatic N) is 3. The fourth-order valence-electron chi connectivity index (χ4n) is 5.97. The molecule has 6 atom stereocenters. The van der Waals surface area contributed by atoms with Gasteiger partial charge in [-0.2, -0.15) is 0 Å². The Kier molecular flexibility index (Phi) is 9.55. The lowest BCUT2D eigenvalue weighted by Gasteiger charge is -2.35. The van der Waals surface area contributed by atoms with Crippen LogP contribution in [-0.2, 0) is 19.1 Å². The van der Waals surface area contributed by atoms with E-state index in [9.17, 15) is 14.4 Å². The lowest BCUT2D eigenvalue weighted by Crippen LogP contribution is -2.57. The molecule has 0 spiro atoms. The fourth-order valence-corrected chi connectivity index (χ4v) is 5.97. The van der Waals surface area contributed by atoms with Crippen molar-refractivity contribution in [2.75, 3.05) is 20.3 Å². The average molecular weight is 623 g/mol. The van der Waals surface area contributed by atoms with Gasteiger partial charge in [-0.25, -0.2) is 19.6 Å². The van der Waals surface area contributed by atoms with E-state index in [4.69, 9.17) is 28.9 Å². The van der Waals surface area contributed by atoms with Gasteiger partial charge in [0.05, 0.1) is 31.3 Å². The van der Waals surface area contributed by atoms with Crippen LogP contribution in [0.1, 0.15) is 72.9 Å². The summed E-state index contributed by atoms with van der Waals surface area (Å²) >= 11 is 0. The largest absolute Gasteiger partial charge is 0.497 e. The number of fused-ring (bicyclic) bond motifs is 5. The van der Waals surface area contributed by atoms with Crippen LogP contribution in [0.25, 0.3) is 17.1 Å². The van der Waals surface area contributed by atoms with Crippen LogP contribution in [0.15, 0.2) is 24.3 Å². The second-order valence-electron chi connectivity index (χ2n) is 14.0. The van der Waals surface area contributed by atoms with Gasteiger partial charge in [0.25, 0.3) is 0 Å². The number of carbonyl (C=O) groups excluding carboxylic acids is 3. The molecule has 1 aliphatic carbocycles. The quantitative estimate of drug-likeness (QED) is 0.460. The molecule has 1 N–H and O–H groups in total. The first kappa shape index (κ1) is 32.5. The predicted octanol–water partition coefficient (Wildman–Crippen LogP) is 5.16.